The first kappa shape index (κ1) is 9.38. The third kappa shape index (κ3) is 2.39. The molecule has 1 unspecified atom stereocenters. The van der Waals surface area contributed by atoms with Gasteiger partial charge in [-0.2, -0.15) is 11.8 Å². The third-order valence-corrected chi connectivity index (χ3v) is 3.51. The number of thioether (sulfide) groups is 1. The normalized spacial score (nSPS) is 23.0. The third-order valence-electron chi connectivity index (χ3n) is 2.19. The number of rotatable bonds is 1. The minimum Gasteiger partial charge on any atom is -0.308 e. The molecule has 1 N–H and O–H groups in total. The van der Waals surface area contributed by atoms with Crippen molar-refractivity contribution in [3.63, 3.8) is 0 Å². The number of hydrogen-bond donors (Lipinski definition) is 1. The van der Waals surface area contributed by atoms with Crippen LogP contribution in [0.5, 0.6) is 0 Å². The van der Waals surface area contributed by atoms with Gasteiger partial charge in [0, 0.05) is 29.1 Å². The van der Waals surface area contributed by atoms with Crippen LogP contribution in [0, 0.1) is 0 Å². The summed E-state index contributed by atoms with van der Waals surface area (Å²) in [6, 6.07) is 8.63. The summed E-state index contributed by atoms with van der Waals surface area (Å²) in [6.45, 7) is 1.11. The maximum atomic E-state index is 5.82. The molecule has 1 atom stereocenters. The zero-order valence-corrected chi connectivity index (χ0v) is 8.87. The van der Waals surface area contributed by atoms with Crippen molar-refractivity contribution >= 4 is 23.4 Å². The number of benzene rings is 1. The molecule has 1 saturated heterocycles. The van der Waals surface area contributed by atoms with Crippen LogP contribution in [0.2, 0.25) is 5.02 Å². The molecule has 1 aromatic rings. The molecular weight excluding hydrogens is 202 g/mol. The van der Waals surface area contributed by atoms with Crippen molar-refractivity contribution in [2.24, 2.45) is 0 Å². The van der Waals surface area contributed by atoms with Crippen molar-refractivity contribution in [1.29, 1.82) is 0 Å². The molecule has 0 bridgehead atoms. The average molecular weight is 214 g/mol. The molecule has 1 aromatic carbocycles. The van der Waals surface area contributed by atoms with Gasteiger partial charge in [0.15, 0.2) is 0 Å². The quantitative estimate of drug-likeness (QED) is 0.770. The maximum Gasteiger partial charge on any atom is 0.0412 e. The van der Waals surface area contributed by atoms with Crippen LogP contribution in [0.4, 0.5) is 0 Å². The zero-order chi connectivity index (χ0) is 9.10. The summed E-state index contributed by atoms with van der Waals surface area (Å²) < 4.78 is 0. The van der Waals surface area contributed by atoms with E-state index in [1.54, 1.807) is 0 Å². The summed E-state index contributed by atoms with van der Waals surface area (Å²) in [5, 5.41) is 4.30. The van der Waals surface area contributed by atoms with Crippen molar-refractivity contribution < 1.29 is 0 Å². The molecule has 3 heteroatoms. The molecule has 0 amide bonds. The fourth-order valence-electron chi connectivity index (χ4n) is 1.47. The van der Waals surface area contributed by atoms with E-state index < -0.39 is 0 Å². The summed E-state index contributed by atoms with van der Waals surface area (Å²) in [4.78, 5) is 0. The first-order chi connectivity index (χ1) is 6.36. The summed E-state index contributed by atoms with van der Waals surface area (Å²) >= 11 is 7.83. The molecule has 2 rings (SSSR count). The lowest BCUT2D eigenvalue weighted by Gasteiger charge is -2.23. The Balaban J connectivity index is 2.10. The van der Waals surface area contributed by atoms with Gasteiger partial charge in [-0.1, -0.05) is 23.7 Å². The monoisotopic (exact) mass is 213 g/mol. The first-order valence-corrected chi connectivity index (χ1v) is 5.96. The van der Waals surface area contributed by atoms with Gasteiger partial charge in [-0.3, -0.25) is 0 Å². The summed E-state index contributed by atoms with van der Waals surface area (Å²) in [7, 11) is 0. The average Bonchev–Trinajstić information content (AvgIpc) is 2.20. The number of hydrogen-bond acceptors (Lipinski definition) is 2. The Hall–Kier alpha value is -0.180. The Morgan fingerprint density at radius 2 is 2.08 bits per heavy atom. The Morgan fingerprint density at radius 1 is 1.31 bits per heavy atom. The predicted molar refractivity (Wildman–Crippen MR) is 59.5 cm³/mol. The van der Waals surface area contributed by atoms with Gasteiger partial charge in [-0.05, 0) is 17.7 Å². The first-order valence-electron chi connectivity index (χ1n) is 4.43. The van der Waals surface area contributed by atoms with Crippen LogP contribution in [-0.2, 0) is 0 Å². The molecule has 13 heavy (non-hydrogen) atoms. The highest BCUT2D eigenvalue weighted by Gasteiger charge is 2.14. The fraction of sp³-hybridized carbons (Fsp3) is 0.400. The molecule has 1 nitrogen and oxygen atoms in total. The minimum atomic E-state index is 0.510. The van der Waals surface area contributed by atoms with Gasteiger partial charge >= 0.3 is 0 Å². The van der Waals surface area contributed by atoms with Gasteiger partial charge < -0.3 is 5.32 Å². The van der Waals surface area contributed by atoms with Crippen LogP contribution in [0.1, 0.15) is 11.6 Å². The molecule has 0 aliphatic carbocycles. The summed E-state index contributed by atoms with van der Waals surface area (Å²) in [5.41, 5.74) is 1.34. The molecule has 1 fully saturated rings. The molecule has 0 radical (unpaired) electrons. The maximum absolute atomic E-state index is 5.82. The van der Waals surface area contributed by atoms with Crippen LogP contribution in [-0.4, -0.2) is 18.1 Å². The van der Waals surface area contributed by atoms with E-state index in [1.807, 2.05) is 23.9 Å². The van der Waals surface area contributed by atoms with E-state index in [9.17, 15) is 0 Å². The molecule has 70 valence electrons. The molecular formula is C10H12ClNS. The highest BCUT2D eigenvalue weighted by atomic mass is 35.5. The second kappa shape index (κ2) is 4.36. The topological polar surface area (TPSA) is 12.0 Å². The molecule has 1 aliphatic rings. The molecule has 0 saturated carbocycles. The predicted octanol–water partition coefficient (Wildman–Crippen LogP) is 2.72. The van der Waals surface area contributed by atoms with Crippen molar-refractivity contribution in [2.75, 3.05) is 18.1 Å². The van der Waals surface area contributed by atoms with Gasteiger partial charge in [-0.15, -0.1) is 0 Å². The van der Waals surface area contributed by atoms with Crippen LogP contribution in [0.3, 0.4) is 0 Å². The Morgan fingerprint density at radius 3 is 2.69 bits per heavy atom. The van der Waals surface area contributed by atoms with Gasteiger partial charge in [0.2, 0.25) is 0 Å². The Labute approximate surface area is 87.9 Å². The second-order valence-electron chi connectivity index (χ2n) is 3.13. The molecule has 1 heterocycles. The van der Waals surface area contributed by atoms with E-state index in [2.05, 4.69) is 17.4 Å². The molecule has 0 aromatic heterocycles. The lowest BCUT2D eigenvalue weighted by Crippen LogP contribution is -2.30. The standard InChI is InChI=1S/C10H12ClNS/c11-9-3-1-8(2-4-9)10-7-13-6-5-12-10/h1-4,10,12H,5-7H2. The lowest BCUT2D eigenvalue weighted by molar-refractivity contribution is 0.595. The Kier molecular flexibility index (Phi) is 3.14. The van der Waals surface area contributed by atoms with Crippen molar-refractivity contribution in [1.82, 2.24) is 5.32 Å². The number of nitrogens with one attached hydrogen (secondary N) is 1. The minimum absolute atomic E-state index is 0.510. The van der Waals surface area contributed by atoms with Crippen molar-refractivity contribution in [3.8, 4) is 0 Å². The van der Waals surface area contributed by atoms with E-state index in [-0.39, 0.29) is 0 Å². The van der Waals surface area contributed by atoms with E-state index in [0.717, 1.165) is 11.6 Å². The van der Waals surface area contributed by atoms with E-state index in [4.69, 9.17) is 11.6 Å². The smallest absolute Gasteiger partial charge is 0.0412 e. The number of halogens is 1. The van der Waals surface area contributed by atoms with Crippen LogP contribution < -0.4 is 5.32 Å². The summed E-state index contributed by atoms with van der Waals surface area (Å²) in [5.74, 6) is 2.39. The van der Waals surface area contributed by atoms with E-state index >= 15 is 0 Å². The van der Waals surface area contributed by atoms with E-state index in [0.29, 0.717) is 6.04 Å². The van der Waals surface area contributed by atoms with Crippen LogP contribution in [0.15, 0.2) is 24.3 Å². The van der Waals surface area contributed by atoms with Gasteiger partial charge in [0.25, 0.3) is 0 Å². The van der Waals surface area contributed by atoms with Crippen molar-refractivity contribution in [3.05, 3.63) is 34.9 Å². The molecule has 1 aliphatic heterocycles. The largest absolute Gasteiger partial charge is 0.308 e. The van der Waals surface area contributed by atoms with E-state index in [1.165, 1.54) is 17.1 Å². The Bertz CT molecular complexity index is 267. The van der Waals surface area contributed by atoms with Gasteiger partial charge in [0.05, 0.1) is 0 Å². The lowest BCUT2D eigenvalue weighted by atomic mass is 10.1. The van der Waals surface area contributed by atoms with Gasteiger partial charge in [0.1, 0.15) is 0 Å². The second-order valence-corrected chi connectivity index (χ2v) is 4.72. The van der Waals surface area contributed by atoms with Crippen molar-refractivity contribution in [2.45, 2.75) is 6.04 Å². The highest BCUT2D eigenvalue weighted by Crippen LogP contribution is 2.22. The molecule has 0 spiro atoms. The highest BCUT2D eigenvalue weighted by molar-refractivity contribution is 7.99. The van der Waals surface area contributed by atoms with Crippen LogP contribution in [0.25, 0.3) is 0 Å². The summed E-state index contributed by atoms with van der Waals surface area (Å²) in [6.07, 6.45) is 0. The van der Waals surface area contributed by atoms with Gasteiger partial charge in [-0.25, -0.2) is 0 Å². The zero-order valence-electron chi connectivity index (χ0n) is 7.29. The fourth-order valence-corrected chi connectivity index (χ4v) is 2.58. The SMILES string of the molecule is Clc1ccc(C2CSCCN2)cc1. The van der Waals surface area contributed by atoms with Crippen LogP contribution >= 0.6 is 23.4 Å².